The number of nitrogens with one attached hydrogen (secondary N) is 1. The number of rotatable bonds is 6. The van der Waals surface area contributed by atoms with Gasteiger partial charge in [0.05, 0.1) is 12.2 Å². The number of carbonyl (C=O) groups excluding carboxylic acids is 1. The van der Waals surface area contributed by atoms with Crippen molar-refractivity contribution in [3.8, 4) is 5.75 Å². The Hall–Kier alpha value is -1.55. The number of aliphatic hydroxyl groups is 1. The molecule has 0 heterocycles. The highest BCUT2D eigenvalue weighted by Crippen LogP contribution is 2.25. The van der Waals surface area contributed by atoms with Crippen LogP contribution in [0.4, 0.5) is 0 Å². The summed E-state index contributed by atoms with van der Waals surface area (Å²) in [7, 11) is 0. The number of hydrogen-bond donors (Lipinski definition) is 2. The second kappa shape index (κ2) is 8.52. The normalized spacial score (nSPS) is 24.7. The Morgan fingerprint density at radius 3 is 2.62 bits per heavy atom. The molecule has 4 nitrogen and oxygen atoms in total. The second-order valence-corrected chi connectivity index (χ2v) is 7.24. The van der Waals surface area contributed by atoms with E-state index >= 15 is 0 Å². The molecular formula is C20H29NO3. The van der Waals surface area contributed by atoms with Crippen LogP contribution in [0.5, 0.6) is 5.75 Å². The Kier molecular flexibility index (Phi) is 6.13. The van der Waals surface area contributed by atoms with Crippen molar-refractivity contribution >= 4 is 5.91 Å². The maximum Gasteiger partial charge on any atom is 0.220 e. The molecule has 2 aliphatic rings. The highest BCUT2D eigenvalue weighted by atomic mass is 16.5. The van der Waals surface area contributed by atoms with Gasteiger partial charge in [0.25, 0.3) is 0 Å². The minimum atomic E-state index is -0.180. The molecule has 0 radical (unpaired) electrons. The van der Waals surface area contributed by atoms with Gasteiger partial charge in [-0.2, -0.15) is 0 Å². The minimum absolute atomic E-state index is 0.110. The molecule has 132 valence electrons. The zero-order chi connectivity index (χ0) is 16.8. The summed E-state index contributed by atoms with van der Waals surface area (Å²) in [5.74, 6) is 1.04. The molecule has 1 amide bonds. The van der Waals surface area contributed by atoms with E-state index in [9.17, 15) is 9.90 Å². The fraction of sp³-hybridized carbons (Fsp3) is 0.650. The Labute approximate surface area is 144 Å². The van der Waals surface area contributed by atoms with Crippen LogP contribution in [0.3, 0.4) is 0 Å². The van der Waals surface area contributed by atoms with Gasteiger partial charge >= 0.3 is 0 Å². The molecule has 0 aliphatic heterocycles. The van der Waals surface area contributed by atoms with Gasteiger partial charge in [0.1, 0.15) is 5.75 Å². The van der Waals surface area contributed by atoms with E-state index in [1.807, 2.05) is 12.1 Å². The van der Waals surface area contributed by atoms with Crippen molar-refractivity contribution in [3.63, 3.8) is 0 Å². The smallest absolute Gasteiger partial charge is 0.220 e. The van der Waals surface area contributed by atoms with Gasteiger partial charge in [0.2, 0.25) is 5.91 Å². The molecule has 0 aromatic heterocycles. The maximum atomic E-state index is 12.1. The van der Waals surface area contributed by atoms with Crippen LogP contribution in [-0.4, -0.2) is 29.3 Å². The Morgan fingerprint density at radius 2 is 1.88 bits per heavy atom. The van der Waals surface area contributed by atoms with Crippen LogP contribution < -0.4 is 10.1 Å². The summed E-state index contributed by atoms with van der Waals surface area (Å²) < 4.78 is 6.03. The zero-order valence-electron chi connectivity index (χ0n) is 14.4. The lowest BCUT2D eigenvalue weighted by atomic mass is 9.93. The van der Waals surface area contributed by atoms with Crippen molar-refractivity contribution < 1.29 is 14.6 Å². The third kappa shape index (κ3) is 5.23. The van der Waals surface area contributed by atoms with Crippen molar-refractivity contribution in [3.05, 3.63) is 29.8 Å². The third-order valence-electron chi connectivity index (χ3n) is 5.21. The minimum Gasteiger partial charge on any atom is -0.490 e. The molecule has 0 unspecified atom stereocenters. The maximum absolute atomic E-state index is 12.1. The van der Waals surface area contributed by atoms with Crippen molar-refractivity contribution in [2.45, 2.75) is 82.5 Å². The molecule has 0 atom stereocenters. The van der Waals surface area contributed by atoms with Crippen LogP contribution in [0.15, 0.2) is 24.3 Å². The van der Waals surface area contributed by atoms with Gasteiger partial charge < -0.3 is 15.2 Å². The number of aryl methyl sites for hydroxylation is 1. The molecule has 0 bridgehead atoms. The van der Waals surface area contributed by atoms with Gasteiger partial charge in [-0.05, 0) is 75.5 Å². The predicted octanol–water partition coefficient (Wildman–Crippen LogP) is 3.36. The third-order valence-corrected chi connectivity index (χ3v) is 5.21. The van der Waals surface area contributed by atoms with Crippen LogP contribution in [0.25, 0.3) is 0 Å². The molecule has 4 heteroatoms. The highest BCUT2D eigenvalue weighted by molar-refractivity contribution is 5.76. The zero-order valence-corrected chi connectivity index (χ0v) is 14.4. The van der Waals surface area contributed by atoms with Gasteiger partial charge in [0, 0.05) is 12.5 Å². The first-order chi connectivity index (χ1) is 11.7. The summed E-state index contributed by atoms with van der Waals surface area (Å²) in [4.78, 5) is 12.1. The number of hydrogen-bond acceptors (Lipinski definition) is 3. The van der Waals surface area contributed by atoms with Crippen molar-refractivity contribution in [2.24, 2.45) is 0 Å². The van der Waals surface area contributed by atoms with Crippen LogP contribution in [0, 0.1) is 0 Å². The highest BCUT2D eigenvalue weighted by Gasteiger charge is 2.20. The van der Waals surface area contributed by atoms with Crippen LogP contribution >= 0.6 is 0 Å². The summed E-state index contributed by atoms with van der Waals surface area (Å²) in [6.45, 7) is 0. The average Bonchev–Trinajstić information content (AvgIpc) is 3.08. The largest absolute Gasteiger partial charge is 0.490 e. The standard InChI is InChI=1S/C20H29NO3/c22-17-11-9-16(10-12-17)21-20(23)13-8-15-4-3-7-19(14-15)24-18-5-1-2-6-18/h3-4,7,14,16-18,22H,1-2,5-6,8-13H2,(H,21,23). The van der Waals surface area contributed by atoms with Gasteiger partial charge in [-0.25, -0.2) is 0 Å². The van der Waals surface area contributed by atoms with Crippen LogP contribution in [-0.2, 0) is 11.2 Å². The Morgan fingerprint density at radius 1 is 1.12 bits per heavy atom. The predicted molar refractivity (Wildman–Crippen MR) is 94.1 cm³/mol. The molecule has 1 aromatic rings. The molecule has 0 saturated heterocycles. The lowest BCUT2D eigenvalue weighted by Gasteiger charge is -2.26. The fourth-order valence-electron chi connectivity index (χ4n) is 3.75. The van der Waals surface area contributed by atoms with E-state index in [0.717, 1.165) is 56.3 Å². The van der Waals surface area contributed by atoms with E-state index in [1.54, 1.807) is 0 Å². The number of benzene rings is 1. The summed E-state index contributed by atoms with van der Waals surface area (Å²) in [5.41, 5.74) is 1.15. The first-order valence-electron chi connectivity index (χ1n) is 9.42. The quantitative estimate of drug-likeness (QED) is 0.840. The van der Waals surface area contributed by atoms with Crippen molar-refractivity contribution in [1.29, 1.82) is 0 Å². The van der Waals surface area contributed by atoms with Crippen molar-refractivity contribution in [1.82, 2.24) is 5.32 Å². The fourth-order valence-corrected chi connectivity index (χ4v) is 3.75. The number of ether oxygens (including phenoxy) is 1. The summed E-state index contributed by atoms with van der Waals surface area (Å²) in [6.07, 6.45) is 9.64. The van der Waals surface area contributed by atoms with E-state index < -0.39 is 0 Å². The van der Waals surface area contributed by atoms with Crippen LogP contribution in [0.1, 0.15) is 63.4 Å². The molecule has 24 heavy (non-hydrogen) atoms. The summed E-state index contributed by atoms with van der Waals surface area (Å²) in [5, 5.41) is 12.6. The lowest BCUT2D eigenvalue weighted by Crippen LogP contribution is -2.38. The van der Waals surface area contributed by atoms with E-state index in [2.05, 4.69) is 17.4 Å². The first-order valence-corrected chi connectivity index (χ1v) is 9.42. The van der Waals surface area contributed by atoms with Crippen LogP contribution in [0.2, 0.25) is 0 Å². The number of amides is 1. The summed E-state index contributed by atoms with van der Waals surface area (Å²) >= 11 is 0. The molecule has 1 aromatic carbocycles. The first kappa shape index (κ1) is 17.3. The number of aliphatic hydroxyl groups excluding tert-OH is 1. The van der Waals surface area contributed by atoms with Crippen molar-refractivity contribution in [2.75, 3.05) is 0 Å². The average molecular weight is 331 g/mol. The molecule has 3 rings (SSSR count). The molecule has 2 fully saturated rings. The van der Waals surface area contributed by atoms with E-state index in [1.165, 1.54) is 12.8 Å². The SMILES string of the molecule is O=C(CCc1cccc(OC2CCCC2)c1)NC1CCC(O)CC1. The van der Waals surface area contributed by atoms with Gasteiger partial charge in [0.15, 0.2) is 0 Å². The summed E-state index contributed by atoms with van der Waals surface area (Å²) in [6, 6.07) is 8.39. The van der Waals surface area contributed by atoms with Gasteiger partial charge in [-0.1, -0.05) is 12.1 Å². The molecule has 2 N–H and O–H groups in total. The molecular weight excluding hydrogens is 302 g/mol. The van der Waals surface area contributed by atoms with E-state index in [-0.39, 0.29) is 18.1 Å². The molecule has 2 aliphatic carbocycles. The monoisotopic (exact) mass is 331 g/mol. The Balaban J connectivity index is 1.43. The topological polar surface area (TPSA) is 58.6 Å². The second-order valence-electron chi connectivity index (χ2n) is 7.24. The Bertz CT molecular complexity index is 531. The van der Waals surface area contributed by atoms with E-state index in [0.29, 0.717) is 12.5 Å². The van der Waals surface area contributed by atoms with Gasteiger partial charge in [-0.3, -0.25) is 4.79 Å². The molecule has 0 spiro atoms. The van der Waals surface area contributed by atoms with E-state index in [4.69, 9.17) is 4.74 Å². The molecule has 2 saturated carbocycles. The lowest BCUT2D eigenvalue weighted by molar-refractivity contribution is -0.122. The van der Waals surface area contributed by atoms with Gasteiger partial charge in [-0.15, -0.1) is 0 Å². The number of carbonyl (C=O) groups is 1.